The van der Waals surface area contributed by atoms with E-state index in [1.165, 1.54) is 5.56 Å². The van der Waals surface area contributed by atoms with Gasteiger partial charge in [-0.15, -0.1) is 0 Å². The van der Waals surface area contributed by atoms with Gasteiger partial charge in [0.25, 0.3) is 5.91 Å². The van der Waals surface area contributed by atoms with Gasteiger partial charge in [0.15, 0.2) is 0 Å². The monoisotopic (exact) mass is 455 g/mol. The van der Waals surface area contributed by atoms with Crippen LogP contribution in [0.5, 0.6) is 5.75 Å². The van der Waals surface area contributed by atoms with E-state index in [0.29, 0.717) is 18.7 Å². The fourth-order valence-electron chi connectivity index (χ4n) is 4.06. The Morgan fingerprint density at radius 3 is 2.50 bits per heavy atom. The van der Waals surface area contributed by atoms with Crippen molar-refractivity contribution in [2.24, 2.45) is 0 Å². The lowest BCUT2D eigenvalue weighted by molar-refractivity contribution is 0.0953. The number of benzene rings is 3. The second-order valence-corrected chi connectivity index (χ2v) is 8.59. The van der Waals surface area contributed by atoms with Crippen LogP contribution in [0.3, 0.4) is 0 Å². The third kappa shape index (κ3) is 6.04. The van der Waals surface area contributed by atoms with Gasteiger partial charge in [0.05, 0.1) is 17.6 Å². The Morgan fingerprint density at radius 2 is 1.74 bits per heavy atom. The van der Waals surface area contributed by atoms with E-state index in [1.54, 1.807) is 0 Å². The van der Waals surface area contributed by atoms with Crippen molar-refractivity contribution < 1.29 is 9.53 Å². The van der Waals surface area contributed by atoms with E-state index in [-0.39, 0.29) is 5.91 Å². The Kier molecular flexibility index (Phi) is 7.97. The molecule has 0 radical (unpaired) electrons. The van der Waals surface area contributed by atoms with Crippen molar-refractivity contribution in [2.45, 2.75) is 46.1 Å². The van der Waals surface area contributed by atoms with Crippen molar-refractivity contribution in [2.75, 3.05) is 13.2 Å². The van der Waals surface area contributed by atoms with Gasteiger partial charge in [0.1, 0.15) is 11.6 Å². The zero-order valence-corrected chi connectivity index (χ0v) is 20.1. The SMILES string of the molecule is CCc1ccc(OCCCn2c(CCCNC(=O)c3ccc(C)cc3)nc3ccccc32)cc1. The normalized spacial score (nSPS) is 11.0. The minimum atomic E-state index is -0.0300. The highest BCUT2D eigenvalue weighted by Gasteiger charge is 2.11. The molecular formula is C29H33N3O2. The van der Waals surface area contributed by atoms with Gasteiger partial charge in [-0.05, 0) is 68.1 Å². The zero-order valence-electron chi connectivity index (χ0n) is 20.1. The summed E-state index contributed by atoms with van der Waals surface area (Å²) >= 11 is 0. The van der Waals surface area contributed by atoms with Gasteiger partial charge in [0, 0.05) is 25.1 Å². The minimum absolute atomic E-state index is 0.0300. The van der Waals surface area contributed by atoms with E-state index in [0.717, 1.165) is 60.4 Å². The van der Waals surface area contributed by atoms with E-state index in [9.17, 15) is 4.79 Å². The standard InChI is InChI=1S/C29H33N3O2/c1-3-23-13-17-25(18-14-23)34-21-7-20-32-27-9-5-4-8-26(27)31-28(32)10-6-19-30-29(33)24-15-11-22(2)12-16-24/h4-5,8-9,11-18H,3,6-7,10,19-21H2,1-2H3,(H,30,33). The van der Waals surface area contributed by atoms with Crippen LogP contribution in [0.1, 0.15) is 47.1 Å². The molecular weight excluding hydrogens is 422 g/mol. The van der Waals surface area contributed by atoms with Crippen LogP contribution in [-0.4, -0.2) is 28.6 Å². The first-order valence-corrected chi connectivity index (χ1v) is 12.1. The topological polar surface area (TPSA) is 56.1 Å². The van der Waals surface area contributed by atoms with E-state index in [1.807, 2.05) is 49.4 Å². The Hall–Kier alpha value is -3.60. The second kappa shape index (κ2) is 11.5. The minimum Gasteiger partial charge on any atom is -0.494 e. The summed E-state index contributed by atoms with van der Waals surface area (Å²) in [4.78, 5) is 17.2. The fourth-order valence-corrected chi connectivity index (χ4v) is 4.06. The van der Waals surface area contributed by atoms with Crippen molar-refractivity contribution in [1.82, 2.24) is 14.9 Å². The van der Waals surface area contributed by atoms with E-state index in [2.05, 4.69) is 47.1 Å². The predicted octanol–water partition coefficient (Wildman–Crippen LogP) is 5.74. The van der Waals surface area contributed by atoms with Crippen LogP contribution in [0, 0.1) is 6.92 Å². The summed E-state index contributed by atoms with van der Waals surface area (Å²) in [5.41, 5.74) is 5.32. The molecule has 1 N–H and O–H groups in total. The maximum absolute atomic E-state index is 12.4. The first-order valence-electron chi connectivity index (χ1n) is 12.1. The molecule has 5 nitrogen and oxygen atoms in total. The van der Waals surface area contributed by atoms with Gasteiger partial charge in [0.2, 0.25) is 0 Å². The molecule has 34 heavy (non-hydrogen) atoms. The molecule has 0 spiro atoms. The highest BCUT2D eigenvalue weighted by molar-refractivity contribution is 5.94. The quantitative estimate of drug-likeness (QED) is 0.294. The van der Waals surface area contributed by atoms with Crippen LogP contribution in [0.15, 0.2) is 72.8 Å². The zero-order chi connectivity index (χ0) is 23.8. The van der Waals surface area contributed by atoms with Gasteiger partial charge in [-0.1, -0.05) is 48.9 Å². The molecule has 0 saturated heterocycles. The smallest absolute Gasteiger partial charge is 0.251 e. The molecule has 0 saturated carbocycles. The molecule has 1 aromatic heterocycles. The summed E-state index contributed by atoms with van der Waals surface area (Å²) < 4.78 is 8.24. The Balaban J connectivity index is 1.31. The van der Waals surface area contributed by atoms with Gasteiger partial charge >= 0.3 is 0 Å². The number of carbonyl (C=O) groups is 1. The lowest BCUT2D eigenvalue weighted by atomic mass is 10.1. The molecule has 0 fully saturated rings. The van der Waals surface area contributed by atoms with Crippen LogP contribution < -0.4 is 10.1 Å². The van der Waals surface area contributed by atoms with Gasteiger partial charge < -0.3 is 14.6 Å². The Bertz CT molecular complexity index is 1210. The molecule has 4 aromatic rings. The number of aromatic nitrogens is 2. The van der Waals surface area contributed by atoms with Crippen molar-refractivity contribution >= 4 is 16.9 Å². The number of para-hydroxylation sites is 2. The third-order valence-electron chi connectivity index (χ3n) is 6.04. The Labute approximate surface area is 201 Å². The second-order valence-electron chi connectivity index (χ2n) is 8.59. The number of amides is 1. The van der Waals surface area contributed by atoms with Gasteiger partial charge in [-0.2, -0.15) is 0 Å². The summed E-state index contributed by atoms with van der Waals surface area (Å²) in [6.45, 7) is 6.29. The summed E-state index contributed by atoms with van der Waals surface area (Å²) in [6.07, 6.45) is 3.57. The maximum Gasteiger partial charge on any atom is 0.251 e. The van der Waals surface area contributed by atoms with Gasteiger partial charge in [-0.25, -0.2) is 4.98 Å². The molecule has 0 atom stereocenters. The number of rotatable bonds is 11. The molecule has 0 aliphatic carbocycles. The van der Waals surface area contributed by atoms with Gasteiger partial charge in [-0.3, -0.25) is 4.79 Å². The first-order chi connectivity index (χ1) is 16.6. The number of hydrogen-bond donors (Lipinski definition) is 1. The summed E-state index contributed by atoms with van der Waals surface area (Å²) in [7, 11) is 0. The number of aryl methyl sites for hydroxylation is 4. The van der Waals surface area contributed by atoms with Crippen LogP contribution in [0.4, 0.5) is 0 Å². The fraction of sp³-hybridized carbons (Fsp3) is 0.310. The number of imidazole rings is 1. The first kappa shape index (κ1) is 23.6. The molecule has 0 bridgehead atoms. The lowest BCUT2D eigenvalue weighted by Crippen LogP contribution is -2.25. The van der Waals surface area contributed by atoms with Crippen molar-refractivity contribution in [3.05, 3.63) is 95.3 Å². The molecule has 0 aliphatic rings. The van der Waals surface area contributed by atoms with Crippen LogP contribution >= 0.6 is 0 Å². The van der Waals surface area contributed by atoms with E-state index < -0.39 is 0 Å². The summed E-state index contributed by atoms with van der Waals surface area (Å²) in [6, 6.07) is 24.2. The van der Waals surface area contributed by atoms with Crippen molar-refractivity contribution in [3.63, 3.8) is 0 Å². The molecule has 1 amide bonds. The number of hydrogen-bond acceptors (Lipinski definition) is 3. The summed E-state index contributed by atoms with van der Waals surface area (Å²) in [5.74, 6) is 1.94. The average molecular weight is 456 g/mol. The molecule has 0 aliphatic heterocycles. The highest BCUT2D eigenvalue weighted by atomic mass is 16.5. The van der Waals surface area contributed by atoms with Crippen LogP contribution in [0.2, 0.25) is 0 Å². The van der Waals surface area contributed by atoms with E-state index >= 15 is 0 Å². The number of carbonyl (C=O) groups excluding carboxylic acids is 1. The lowest BCUT2D eigenvalue weighted by Gasteiger charge is -2.11. The average Bonchev–Trinajstić information content (AvgIpc) is 3.22. The predicted molar refractivity (Wildman–Crippen MR) is 137 cm³/mol. The molecule has 0 unspecified atom stereocenters. The van der Waals surface area contributed by atoms with Crippen molar-refractivity contribution in [1.29, 1.82) is 0 Å². The molecule has 176 valence electrons. The largest absolute Gasteiger partial charge is 0.494 e. The number of nitrogens with one attached hydrogen (secondary N) is 1. The molecule has 4 rings (SSSR count). The summed E-state index contributed by atoms with van der Waals surface area (Å²) in [5, 5.41) is 3.02. The Morgan fingerprint density at radius 1 is 0.971 bits per heavy atom. The molecule has 3 aromatic carbocycles. The van der Waals surface area contributed by atoms with E-state index in [4.69, 9.17) is 9.72 Å². The third-order valence-corrected chi connectivity index (χ3v) is 6.04. The molecule has 5 heteroatoms. The number of nitrogens with zero attached hydrogens (tertiary/aromatic N) is 2. The maximum atomic E-state index is 12.4. The highest BCUT2D eigenvalue weighted by Crippen LogP contribution is 2.18. The molecule has 1 heterocycles. The number of fused-ring (bicyclic) bond motifs is 1. The number of ether oxygens (including phenoxy) is 1. The van der Waals surface area contributed by atoms with Crippen LogP contribution in [0.25, 0.3) is 11.0 Å². The van der Waals surface area contributed by atoms with Crippen LogP contribution in [-0.2, 0) is 19.4 Å². The van der Waals surface area contributed by atoms with Crippen molar-refractivity contribution in [3.8, 4) is 5.75 Å².